The minimum absolute atomic E-state index is 0.305. The van der Waals surface area contributed by atoms with Crippen LogP contribution in [0, 0.1) is 11.3 Å². The molecule has 0 saturated carbocycles. The van der Waals surface area contributed by atoms with Crippen LogP contribution in [0.5, 0.6) is 0 Å². The van der Waals surface area contributed by atoms with Gasteiger partial charge in [-0.2, -0.15) is 5.26 Å². The number of pyridine rings is 3. The Kier molecular flexibility index (Phi) is 9.79. The summed E-state index contributed by atoms with van der Waals surface area (Å²) in [4.78, 5) is 24.3. The molecule has 0 fully saturated rings. The van der Waals surface area contributed by atoms with E-state index < -0.39 is 0 Å². The minimum Gasteiger partial charge on any atom is -0.265 e. The molecule has 0 saturated heterocycles. The average Bonchev–Trinajstić information content (AvgIpc) is 3.61. The molecule has 306 valence electrons. The van der Waals surface area contributed by atoms with Crippen LogP contribution in [0.3, 0.4) is 0 Å². The number of aromatic nitrogens is 5. The van der Waals surface area contributed by atoms with Crippen LogP contribution in [0.2, 0.25) is 0 Å². The summed E-state index contributed by atoms with van der Waals surface area (Å²) in [7, 11) is 0. The van der Waals surface area contributed by atoms with E-state index in [9.17, 15) is 5.26 Å². The quantitative estimate of drug-likeness (QED) is 0.151. The van der Waals surface area contributed by atoms with Gasteiger partial charge in [0.25, 0.3) is 0 Å². The Morgan fingerprint density at radius 2 is 0.800 bits per heavy atom. The van der Waals surface area contributed by atoms with Crippen LogP contribution in [-0.4, -0.2) is 24.9 Å². The lowest BCUT2D eigenvalue weighted by atomic mass is 9.81. The third-order valence-corrected chi connectivity index (χ3v) is 12.5. The van der Waals surface area contributed by atoms with Crippen molar-refractivity contribution in [2.75, 3.05) is 0 Å². The molecule has 10 aromatic rings. The first kappa shape index (κ1) is 39.2. The highest BCUT2D eigenvalue weighted by atomic mass is 14.9. The van der Waals surface area contributed by atoms with Gasteiger partial charge in [-0.3, -0.25) is 9.97 Å². The zero-order valence-corrected chi connectivity index (χ0v) is 35.8. The average molecular weight is 833 g/mol. The van der Waals surface area contributed by atoms with Crippen LogP contribution in [0.15, 0.2) is 207 Å². The lowest BCUT2D eigenvalue weighted by Crippen LogP contribution is -2.15. The lowest BCUT2D eigenvalue weighted by molar-refractivity contribution is 0.660. The summed E-state index contributed by atoms with van der Waals surface area (Å²) in [5.74, 6) is 0.648. The summed E-state index contributed by atoms with van der Waals surface area (Å²) >= 11 is 0. The highest BCUT2D eigenvalue weighted by Crippen LogP contribution is 2.50. The minimum atomic E-state index is -0.305. The maximum absolute atomic E-state index is 9.80. The molecule has 0 amide bonds. The molecule has 0 N–H and O–H groups in total. The van der Waals surface area contributed by atoms with Gasteiger partial charge in [-0.15, -0.1) is 0 Å². The van der Waals surface area contributed by atoms with E-state index in [-0.39, 0.29) is 5.41 Å². The fraction of sp³-hybridized carbons (Fsp3) is 0.0508. The summed E-state index contributed by atoms with van der Waals surface area (Å²) in [6, 6.07) is 65.6. The first-order valence-electron chi connectivity index (χ1n) is 21.7. The maximum atomic E-state index is 9.80. The molecule has 0 radical (unpaired) electrons. The van der Waals surface area contributed by atoms with Gasteiger partial charge in [-0.1, -0.05) is 117 Å². The third-order valence-electron chi connectivity index (χ3n) is 12.5. The Morgan fingerprint density at radius 3 is 1.42 bits per heavy atom. The maximum Gasteiger partial charge on any atom is 0.160 e. The van der Waals surface area contributed by atoms with Crippen molar-refractivity contribution in [2.24, 2.45) is 0 Å². The fourth-order valence-corrected chi connectivity index (χ4v) is 9.06. The topological polar surface area (TPSA) is 88.2 Å². The summed E-state index contributed by atoms with van der Waals surface area (Å²) < 4.78 is 0. The lowest BCUT2D eigenvalue weighted by Gasteiger charge is -2.22. The van der Waals surface area contributed by atoms with E-state index in [0.29, 0.717) is 11.4 Å². The second kappa shape index (κ2) is 16.2. The second-order valence-corrected chi connectivity index (χ2v) is 16.9. The van der Waals surface area contributed by atoms with Crippen LogP contribution >= 0.6 is 0 Å². The molecule has 0 atom stereocenters. The molecule has 65 heavy (non-hydrogen) atoms. The van der Waals surface area contributed by atoms with Gasteiger partial charge >= 0.3 is 0 Å². The summed E-state index contributed by atoms with van der Waals surface area (Å²) in [6.45, 7) is 4.51. The van der Waals surface area contributed by atoms with Crippen LogP contribution in [0.4, 0.5) is 0 Å². The zero-order chi connectivity index (χ0) is 43.9. The van der Waals surface area contributed by atoms with E-state index in [0.717, 1.165) is 84.0 Å². The van der Waals surface area contributed by atoms with Crippen LogP contribution in [0.1, 0.15) is 30.5 Å². The van der Waals surface area contributed by atoms with Gasteiger partial charge in [0.05, 0.1) is 34.4 Å². The first-order chi connectivity index (χ1) is 31.9. The van der Waals surface area contributed by atoms with Crippen LogP contribution < -0.4 is 0 Å². The normalized spacial score (nSPS) is 12.3. The molecule has 6 aromatic carbocycles. The number of nitrogens with zero attached hydrogens (tertiary/aromatic N) is 6. The predicted molar refractivity (Wildman–Crippen MR) is 261 cm³/mol. The molecule has 4 heterocycles. The highest BCUT2D eigenvalue weighted by Gasteiger charge is 2.36. The second-order valence-electron chi connectivity index (χ2n) is 16.9. The van der Waals surface area contributed by atoms with E-state index in [2.05, 4.69) is 151 Å². The molecule has 0 unspecified atom stereocenters. The van der Waals surface area contributed by atoms with Crippen LogP contribution in [0.25, 0.3) is 101 Å². The monoisotopic (exact) mass is 832 g/mol. The molecule has 1 aliphatic carbocycles. The SMILES string of the molecule is CC1(C)c2cc(C#N)ccc2-c2ccc(-c3cc(-c4cc(-c5ccncc5)nc(-c5ccncc5)c4)cc(-c4cc(-c5ccc(-c6ccccc6)cc5)nc(-c5ccccc5)n4)c3)cc21. The van der Waals surface area contributed by atoms with Gasteiger partial charge in [0.15, 0.2) is 5.82 Å². The largest absolute Gasteiger partial charge is 0.265 e. The smallest absolute Gasteiger partial charge is 0.160 e. The van der Waals surface area contributed by atoms with Crippen molar-refractivity contribution >= 4 is 0 Å². The standard InChI is InChI=1S/C59H40N6/c1-59(2)52-29-38(37-60)13-19-50(52)51-20-18-45(33-53(51)59)46-30-47(48-34-54(42-21-25-61-26-22-42)63-55(35-48)43-23-27-62-28-24-43)32-49(31-46)57-36-56(64-58(65-57)44-11-7-4-8-12-44)41-16-14-40(15-17-41)39-9-5-3-6-10-39/h3-36H,1-2H3. The van der Waals surface area contributed by atoms with E-state index >= 15 is 0 Å². The Hall–Kier alpha value is -8.66. The van der Waals surface area contributed by atoms with Crippen molar-refractivity contribution in [1.29, 1.82) is 5.26 Å². The molecule has 1 aliphatic rings. The number of nitriles is 1. The molecule has 6 heteroatoms. The Bertz CT molecular complexity index is 3380. The zero-order valence-electron chi connectivity index (χ0n) is 35.8. The Morgan fingerprint density at radius 1 is 0.354 bits per heavy atom. The Balaban J connectivity index is 1.12. The van der Waals surface area contributed by atoms with E-state index in [1.807, 2.05) is 60.7 Å². The molecule has 4 aromatic heterocycles. The number of benzene rings is 6. The molecule has 11 rings (SSSR count). The van der Waals surface area contributed by atoms with Gasteiger partial charge < -0.3 is 0 Å². The number of hydrogen-bond acceptors (Lipinski definition) is 6. The van der Waals surface area contributed by atoms with E-state index in [1.54, 1.807) is 24.8 Å². The molecule has 6 nitrogen and oxygen atoms in total. The van der Waals surface area contributed by atoms with E-state index in [1.165, 1.54) is 22.3 Å². The summed E-state index contributed by atoms with van der Waals surface area (Å²) in [6.07, 6.45) is 7.20. The number of fused-ring (bicyclic) bond motifs is 3. The third kappa shape index (κ3) is 7.45. The van der Waals surface area contributed by atoms with Crippen molar-refractivity contribution in [1.82, 2.24) is 24.9 Å². The molecular formula is C59H40N6. The molecule has 0 aliphatic heterocycles. The van der Waals surface area contributed by atoms with Crippen molar-refractivity contribution in [3.63, 3.8) is 0 Å². The number of rotatable bonds is 8. The summed E-state index contributed by atoms with van der Waals surface area (Å²) in [5, 5.41) is 9.80. The first-order valence-corrected chi connectivity index (χ1v) is 21.7. The highest BCUT2D eigenvalue weighted by molar-refractivity contribution is 5.88. The van der Waals surface area contributed by atoms with Gasteiger partial charge in [-0.25, -0.2) is 15.0 Å². The van der Waals surface area contributed by atoms with E-state index in [4.69, 9.17) is 15.0 Å². The van der Waals surface area contributed by atoms with Crippen molar-refractivity contribution in [2.45, 2.75) is 19.3 Å². The molecule has 0 bridgehead atoms. The molecule has 0 spiro atoms. The number of hydrogen-bond donors (Lipinski definition) is 0. The van der Waals surface area contributed by atoms with Crippen LogP contribution in [-0.2, 0) is 5.41 Å². The van der Waals surface area contributed by atoms with Gasteiger partial charge in [0.2, 0.25) is 0 Å². The Labute approximate surface area is 378 Å². The predicted octanol–water partition coefficient (Wildman–Crippen LogP) is 14.2. The fourth-order valence-electron chi connectivity index (χ4n) is 9.06. The molecular weight excluding hydrogens is 793 g/mol. The van der Waals surface area contributed by atoms with Gasteiger partial charge in [0, 0.05) is 58.0 Å². The van der Waals surface area contributed by atoms with Gasteiger partial charge in [0.1, 0.15) is 0 Å². The van der Waals surface area contributed by atoms with Crippen molar-refractivity contribution in [3.05, 3.63) is 223 Å². The van der Waals surface area contributed by atoms with Gasteiger partial charge in [-0.05, 0) is 134 Å². The summed E-state index contributed by atoms with van der Waals surface area (Å²) in [5.41, 5.74) is 19.7. The van der Waals surface area contributed by atoms with Crippen molar-refractivity contribution < 1.29 is 0 Å². The van der Waals surface area contributed by atoms with Crippen molar-refractivity contribution in [3.8, 4) is 107 Å².